The van der Waals surface area contributed by atoms with E-state index in [0.29, 0.717) is 29.1 Å². The highest BCUT2D eigenvalue weighted by Gasteiger charge is 2.34. The first kappa shape index (κ1) is 13.8. The predicted octanol–water partition coefficient (Wildman–Crippen LogP) is 3.54. The van der Waals surface area contributed by atoms with Crippen molar-refractivity contribution in [3.8, 4) is 5.69 Å². The minimum atomic E-state index is -0.942. The van der Waals surface area contributed by atoms with Crippen LogP contribution in [0.4, 0.5) is 4.39 Å². The van der Waals surface area contributed by atoms with Crippen molar-refractivity contribution in [2.75, 3.05) is 0 Å². The van der Waals surface area contributed by atoms with Gasteiger partial charge in [-0.25, -0.2) is 13.9 Å². The summed E-state index contributed by atoms with van der Waals surface area (Å²) in [4.78, 5) is 11.6. The van der Waals surface area contributed by atoms with Crippen LogP contribution in [-0.2, 0) is 6.42 Å². The van der Waals surface area contributed by atoms with E-state index in [2.05, 4.69) is 5.10 Å². The molecule has 0 unspecified atom stereocenters. The Bertz CT molecular complexity index is 690. The molecule has 0 radical (unpaired) electrons. The lowest BCUT2D eigenvalue weighted by atomic mass is 10.1. The van der Waals surface area contributed by atoms with Gasteiger partial charge in [0.1, 0.15) is 11.4 Å². The zero-order valence-corrected chi connectivity index (χ0v) is 11.8. The van der Waals surface area contributed by atoms with Gasteiger partial charge in [-0.3, -0.25) is 0 Å². The fourth-order valence-corrected chi connectivity index (χ4v) is 2.64. The fraction of sp³-hybridized carbons (Fsp3) is 0.375. The topological polar surface area (TPSA) is 55.1 Å². The molecule has 1 aliphatic rings. The summed E-state index contributed by atoms with van der Waals surface area (Å²) in [6, 6.07) is 6.11. The lowest BCUT2D eigenvalue weighted by molar-refractivity contribution is 0.0694. The van der Waals surface area contributed by atoms with E-state index in [-0.39, 0.29) is 11.7 Å². The minimum absolute atomic E-state index is 0.238. The molecule has 1 saturated carbocycles. The highest BCUT2D eigenvalue weighted by molar-refractivity contribution is 5.91. The van der Waals surface area contributed by atoms with Gasteiger partial charge >= 0.3 is 5.97 Å². The molecule has 0 spiro atoms. The van der Waals surface area contributed by atoms with Crippen LogP contribution in [0.1, 0.15) is 53.8 Å². The summed E-state index contributed by atoms with van der Waals surface area (Å²) in [6.45, 7) is 1.99. The summed E-state index contributed by atoms with van der Waals surface area (Å²) in [5.74, 6) is -1.06. The van der Waals surface area contributed by atoms with E-state index in [4.69, 9.17) is 0 Å². The van der Waals surface area contributed by atoms with Gasteiger partial charge in [0.2, 0.25) is 0 Å². The summed E-state index contributed by atoms with van der Waals surface area (Å²) < 4.78 is 15.1. The molecule has 1 aromatic carbocycles. The number of carboxylic acids is 1. The number of benzene rings is 1. The Morgan fingerprint density at radius 2 is 2.24 bits per heavy atom. The first-order valence-electron chi connectivity index (χ1n) is 7.22. The number of hydrogen-bond donors (Lipinski definition) is 1. The van der Waals surface area contributed by atoms with Crippen molar-refractivity contribution >= 4 is 5.97 Å². The maximum Gasteiger partial charge on any atom is 0.339 e. The van der Waals surface area contributed by atoms with Gasteiger partial charge in [-0.15, -0.1) is 0 Å². The Hall–Kier alpha value is -2.17. The van der Waals surface area contributed by atoms with Gasteiger partial charge in [0, 0.05) is 5.92 Å². The number of carbonyl (C=O) groups is 1. The maximum atomic E-state index is 13.4. The fourth-order valence-electron chi connectivity index (χ4n) is 2.64. The summed E-state index contributed by atoms with van der Waals surface area (Å²) in [6.07, 6.45) is 3.38. The van der Waals surface area contributed by atoms with Gasteiger partial charge in [-0.05, 0) is 37.5 Å². The predicted molar refractivity (Wildman–Crippen MR) is 76.5 cm³/mol. The number of aromatic carboxylic acids is 1. The lowest BCUT2D eigenvalue weighted by Gasteiger charge is -2.07. The Labute approximate surface area is 122 Å². The molecule has 110 valence electrons. The van der Waals surface area contributed by atoms with Crippen LogP contribution in [0.25, 0.3) is 5.69 Å². The number of hydrogen-bond acceptors (Lipinski definition) is 2. The van der Waals surface area contributed by atoms with E-state index in [1.165, 1.54) is 12.1 Å². The van der Waals surface area contributed by atoms with Crippen LogP contribution < -0.4 is 0 Å². The van der Waals surface area contributed by atoms with Crippen molar-refractivity contribution in [3.05, 3.63) is 47.0 Å². The molecule has 1 aromatic heterocycles. The van der Waals surface area contributed by atoms with Crippen molar-refractivity contribution in [3.63, 3.8) is 0 Å². The second-order valence-corrected chi connectivity index (χ2v) is 5.43. The third kappa shape index (κ3) is 2.55. The number of halogens is 1. The molecular formula is C16H17FN2O2. The van der Waals surface area contributed by atoms with Crippen molar-refractivity contribution in [2.24, 2.45) is 0 Å². The molecule has 0 aliphatic heterocycles. The van der Waals surface area contributed by atoms with Gasteiger partial charge < -0.3 is 5.11 Å². The normalized spacial score (nSPS) is 14.4. The molecule has 5 heteroatoms. The average molecular weight is 288 g/mol. The number of rotatable bonds is 5. The lowest BCUT2D eigenvalue weighted by Crippen LogP contribution is -2.07. The number of nitrogens with zero attached hydrogens (tertiary/aromatic N) is 2. The summed E-state index contributed by atoms with van der Waals surface area (Å²) in [7, 11) is 0. The molecule has 1 aliphatic carbocycles. The smallest absolute Gasteiger partial charge is 0.339 e. The summed E-state index contributed by atoms with van der Waals surface area (Å²) >= 11 is 0. The van der Waals surface area contributed by atoms with Crippen LogP contribution >= 0.6 is 0 Å². The third-order valence-electron chi connectivity index (χ3n) is 3.73. The Morgan fingerprint density at radius 3 is 2.81 bits per heavy atom. The van der Waals surface area contributed by atoms with E-state index in [9.17, 15) is 14.3 Å². The van der Waals surface area contributed by atoms with E-state index in [0.717, 1.165) is 19.3 Å². The van der Waals surface area contributed by atoms with Crippen molar-refractivity contribution in [1.82, 2.24) is 9.78 Å². The van der Waals surface area contributed by atoms with Crippen LogP contribution in [-0.4, -0.2) is 20.9 Å². The monoisotopic (exact) mass is 288 g/mol. The van der Waals surface area contributed by atoms with Crippen LogP contribution in [0.2, 0.25) is 0 Å². The van der Waals surface area contributed by atoms with Gasteiger partial charge in [-0.1, -0.05) is 19.4 Å². The van der Waals surface area contributed by atoms with Crippen molar-refractivity contribution in [1.29, 1.82) is 0 Å². The standard InChI is InChI=1S/C16H17FN2O2/c1-2-4-13-14(16(20)21)15(10-7-8-10)18-19(13)12-6-3-5-11(17)9-12/h3,5-6,9-10H,2,4,7-8H2,1H3,(H,20,21). The second kappa shape index (κ2) is 5.31. The molecule has 4 nitrogen and oxygen atoms in total. The van der Waals surface area contributed by atoms with Crippen LogP contribution in [0.5, 0.6) is 0 Å². The van der Waals surface area contributed by atoms with Crippen molar-refractivity contribution < 1.29 is 14.3 Å². The molecule has 0 saturated heterocycles. The Kier molecular flexibility index (Phi) is 3.49. The van der Waals surface area contributed by atoms with Crippen LogP contribution in [0.15, 0.2) is 24.3 Å². The molecule has 3 rings (SSSR count). The third-order valence-corrected chi connectivity index (χ3v) is 3.73. The zero-order valence-electron chi connectivity index (χ0n) is 11.8. The minimum Gasteiger partial charge on any atom is -0.478 e. The Morgan fingerprint density at radius 1 is 1.48 bits per heavy atom. The highest BCUT2D eigenvalue weighted by atomic mass is 19.1. The molecule has 21 heavy (non-hydrogen) atoms. The van der Waals surface area contributed by atoms with Crippen LogP contribution in [0, 0.1) is 5.82 Å². The number of aromatic nitrogens is 2. The molecule has 0 bridgehead atoms. The molecule has 1 N–H and O–H groups in total. The molecule has 0 amide bonds. The highest BCUT2D eigenvalue weighted by Crippen LogP contribution is 2.42. The second-order valence-electron chi connectivity index (χ2n) is 5.43. The molecule has 1 heterocycles. The van der Waals surface area contributed by atoms with Gasteiger partial charge in [0.05, 0.1) is 17.1 Å². The van der Waals surface area contributed by atoms with Crippen LogP contribution in [0.3, 0.4) is 0 Å². The number of carboxylic acid groups (broad SMARTS) is 1. The largest absolute Gasteiger partial charge is 0.478 e. The summed E-state index contributed by atoms with van der Waals surface area (Å²) in [5.41, 5.74) is 2.20. The SMILES string of the molecule is CCCc1c(C(=O)O)c(C2CC2)nn1-c1cccc(F)c1. The van der Waals surface area contributed by atoms with E-state index in [1.54, 1.807) is 16.8 Å². The molecule has 0 atom stereocenters. The van der Waals surface area contributed by atoms with E-state index >= 15 is 0 Å². The summed E-state index contributed by atoms with van der Waals surface area (Å²) in [5, 5.41) is 14.0. The first-order chi connectivity index (χ1) is 10.1. The van der Waals surface area contributed by atoms with Crippen molar-refractivity contribution in [2.45, 2.75) is 38.5 Å². The molecule has 2 aromatic rings. The zero-order chi connectivity index (χ0) is 15.0. The average Bonchev–Trinajstić information content (AvgIpc) is 3.21. The van der Waals surface area contributed by atoms with E-state index in [1.807, 2.05) is 6.92 Å². The van der Waals surface area contributed by atoms with Gasteiger partial charge in [0.25, 0.3) is 0 Å². The maximum absolute atomic E-state index is 13.4. The van der Waals surface area contributed by atoms with Gasteiger partial charge in [0.15, 0.2) is 0 Å². The first-order valence-corrected chi connectivity index (χ1v) is 7.22. The quantitative estimate of drug-likeness (QED) is 0.915. The van der Waals surface area contributed by atoms with Gasteiger partial charge in [-0.2, -0.15) is 5.10 Å². The van der Waals surface area contributed by atoms with E-state index < -0.39 is 5.97 Å². The molecular weight excluding hydrogens is 271 g/mol. The molecule has 1 fully saturated rings. The Balaban J connectivity index is 2.19.